The highest BCUT2D eigenvalue weighted by Gasteiger charge is 2.37. The highest BCUT2D eigenvalue weighted by Crippen LogP contribution is 2.34. The summed E-state index contributed by atoms with van der Waals surface area (Å²) in [6.45, 7) is 7.85. The van der Waals surface area contributed by atoms with Crippen LogP contribution < -0.4 is 10.1 Å². The minimum atomic E-state index is -0.812. The van der Waals surface area contributed by atoms with Gasteiger partial charge in [-0.3, -0.25) is 4.79 Å². The smallest absolute Gasteiger partial charge is 0.407 e. The third-order valence-electron chi connectivity index (χ3n) is 4.62. The van der Waals surface area contributed by atoms with Crippen molar-refractivity contribution in [2.24, 2.45) is 0 Å². The summed E-state index contributed by atoms with van der Waals surface area (Å²) in [6, 6.07) is 5.19. The van der Waals surface area contributed by atoms with Crippen molar-refractivity contribution in [3.63, 3.8) is 0 Å². The molecule has 28 heavy (non-hydrogen) atoms. The van der Waals surface area contributed by atoms with E-state index >= 15 is 0 Å². The molecule has 1 aliphatic rings. The molecule has 1 aromatic carbocycles. The summed E-state index contributed by atoms with van der Waals surface area (Å²) in [4.78, 5) is 25.7. The van der Waals surface area contributed by atoms with Gasteiger partial charge in [0.05, 0.1) is 19.3 Å². The molecule has 0 spiro atoms. The standard InChI is InChI=1S/C20H30N2O5.H2S/c1-13-14(7-6-8-16(13)26-5)18(24)15-9-10-17(23)22(15)12-11-21-19(25)27-20(2,3)4;/h6-8,15,18,24H,9-12H2,1-5H3,(H,21,25);1H2/t15-,18?;/m0./s1. The first-order valence-electron chi connectivity index (χ1n) is 9.22. The Labute approximate surface area is 173 Å². The van der Waals surface area contributed by atoms with E-state index in [1.165, 1.54) is 0 Å². The summed E-state index contributed by atoms with van der Waals surface area (Å²) < 4.78 is 10.5. The molecule has 1 aliphatic heterocycles. The first kappa shape index (κ1) is 24.1. The Kier molecular flexibility index (Phi) is 8.63. The minimum Gasteiger partial charge on any atom is -0.496 e. The van der Waals surface area contributed by atoms with Crippen LogP contribution in [0.2, 0.25) is 0 Å². The Balaban J connectivity index is 0.00000392. The van der Waals surface area contributed by atoms with Crippen LogP contribution >= 0.6 is 13.5 Å². The molecule has 1 fully saturated rings. The van der Waals surface area contributed by atoms with Crippen LogP contribution in [0.1, 0.15) is 50.8 Å². The van der Waals surface area contributed by atoms with Gasteiger partial charge in [0.15, 0.2) is 0 Å². The summed E-state index contributed by atoms with van der Waals surface area (Å²) in [7, 11) is 1.59. The topological polar surface area (TPSA) is 88.1 Å². The normalized spacial score (nSPS) is 17.7. The van der Waals surface area contributed by atoms with E-state index in [0.717, 1.165) is 11.1 Å². The number of ether oxygens (including phenoxy) is 2. The highest BCUT2D eigenvalue weighted by atomic mass is 32.1. The molecular weight excluding hydrogens is 380 g/mol. The number of alkyl carbamates (subject to hydrolysis) is 1. The SMILES string of the molecule is COc1cccc(C(O)[C@@H]2CCC(=O)N2CCNC(=O)OC(C)(C)C)c1C.S. The maximum Gasteiger partial charge on any atom is 0.407 e. The van der Waals surface area contributed by atoms with E-state index in [9.17, 15) is 14.7 Å². The summed E-state index contributed by atoms with van der Waals surface area (Å²) in [5, 5.41) is 13.6. The molecule has 0 bridgehead atoms. The number of carbonyl (C=O) groups is 2. The minimum absolute atomic E-state index is 0. The Morgan fingerprint density at radius 2 is 2.07 bits per heavy atom. The third-order valence-corrected chi connectivity index (χ3v) is 4.62. The van der Waals surface area contributed by atoms with Gasteiger partial charge in [0.2, 0.25) is 5.91 Å². The average molecular weight is 413 g/mol. The highest BCUT2D eigenvalue weighted by molar-refractivity contribution is 7.59. The first-order chi connectivity index (χ1) is 12.6. The molecule has 0 radical (unpaired) electrons. The number of methoxy groups -OCH3 is 1. The van der Waals surface area contributed by atoms with Gasteiger partial charge in [-0.25, -0.2) is 4.79 Å². The molecule has 1 unspecified atom stereocenters. The maximum atomic E-state index is 12.3. The molecular formula is C20H32N2O5S. The van der Waals surface area contributed by atoms with E-state index in [0.29, 0.717) is 25.1 Å². The number of hydrogen-bond donors (Lipinski definition) is 2. The Morgan fingerprint density at radius 1 is 1.39 bits per heavy atom. The van der Waals surface area contributed by atoms with Gasteiger partial charge in [0.25, 0.3) is 0 Å². The molecule has 8 heteroatoms. The van der Waals surface area contributed by atoms with E-state index in [4.69, 9.17) is 9.47 Å². The lowest BCUT2D eigenvalue weighted by atomic mass is 9.96. The van der Waals surface area contributed by atoms with Crippen LogP contribution in [0.4, 0.5) is 4.79 Å². The van der Waals surface area contributed by atoms with Crippen LogP contribution in [-0.4, -0.2) is 53.8 Å². The van der Waals surface area contributed by atoms with Crippen LogP contribution in [-0.2, 0) is 9.53 Å². The zero-order valence-electron chi connectivity index (χ0n) is 17.2. The van der Waals surface area contributed by atoms with Gasteiger partial charge in [0.1, 0.15) is 11.4 Å². The number of hydrogen-bond acceptors (Lipinski definition) is 5. The molecule has 0 saturated carbocycles. The monoisotopic (exact) mass is 412 g/mol. The summed E-state index contributed by atoms with van der Waals surface area (Å²) in [6.07, 6.45) is -0.372. The van der Waals surface area contributed by atoms with Crippen molar-refractivity contribution in [2.75, 3.05) is 20.2 Å². The van der Waals surface area contributed by atoms with Gasteiger partial charge in [0, 0.05) is 19.5 Å². The van der Waals surface area contributed by atoms with Crippen LogP contribution in [0.15, 0.2) is 18.2 Å². The Morgan fingerprint density at radius 3 is 2.68 bits per heavy atom. The second kappa shape index (κ2) is 10.0. The van der Waals surface area contributed by atoms with E-state index in [1.807, 2.05) is 25.1 Å². The van der Waals surface area contributed by atoms with Crippen molar-refractivity contribution in [3.05, 3.63) is 29.3 Å². The zero-order valence-corrected chi connectivity index (χ0v) is 18.2. The Hall–Kier alpha value is -1.93. The molecule has 2 rings (SSSR count). The van der Waals surface area contributed by atoms with Gasteiger partial charge < -0.3 is 24.8 Å². The number of nitrogens with one attached hydrogen (secondary N) is 1. The van der Waals surface area contributed by atoms with E-state index in [-0.39, 0.29) is 32.0 Å². The number of likely N-dealkylation sites (tertiary alicyclic amines) is 1. The molecule has 158 valence electrons. The number of aliphatic hydroxyl groups is 1. The van der Waals surface area contributed by atoms with E-state index in [1.54, 1.807) is 32.8 Å². The van der Waals surface area contributed by atoms with Crippen molar-refractivity contribution in [3.8, 4) is 5.75 Å². The summed E-state index contributed by atoms with van der Waals surface area (Å²) in [5.41, 5.74) is 1.04. The molecule has 2 atom stereocenters. The number of nitrogens with zero attached hydrogens (tertiary/aromatic N) is 1. The van der Waals surface area contributed by atoms with Crippen molar-refractivity contribution >= 4 is 25.5 Å². The van der Waals surface area contributed by atoms with Gasteiger partial charge >= 0.3 is 6.09 Å². The molecule has 2 amide bonds. The molecule has 1 heterocycles. The molecule has 7 nitrogen and oxygen atoms in total. The van der Waals surface area contributed by atoms with Gasteiger partial charge in [-0.1, -0.05) is 12.1 Å². The number of rotatable bonds is 6. The molecule has 2 N–H and O–H groups in total. The maximum absolute atomic E-state index is 12.3. The van der Waals surface area contributed by atoms with Crippen LogP contribution in [0.3, 0.4) is 0 Å². The van der Waals surface area contributed by atoms with Crippen molar-refractivity contribution in [2.45, 2.75) is 58.3 Å². The van der Waals surface area contributed by atoms with Crippen molar-refractivity contribution in [1.82, 2.24) is 10.2 Å². The van der Waals surface area contributed by atoms with Crippen LogP contribution in [0.25, 0.3) is 0 Å². The average Bonchev–Trinajstić information content (AvgIpc) is 2.94. The summed E-state index contributed by atoms with van der Waals surface area (Å²) in [5.74, 6) is 0.680. The quantitative estimate of drug-likeness (QED) is 0.750. The lowest BCUT2D eigenvalue weighted by molar-refractivity contribution is -0.130. The van der Waals surface area contributed by atoms with Crippen LogP contribution in [0.5, 0.6) is 5.75 Å². The zero-order chi connectivity index (χ0) is 20.2. The molecule has 1 saturated heterocycles. The molecule has 1 aromatic rings. The number of aliphatic hydroxyl groups excluding tert-OH is 1. The second-order valence-corrected chi connectivity index (χ2v) is 7.74. The number of amides is 2. The fraction of sp³-hybridized carbons (Fsp3) is 0.600. The van der Waals surface area contributed by atoms with E-state index in [2.05, 4.69) is 5.32 Å². The fourth-order valence-electron chi connectivity index (χ4n) is 3.35. The van der Waals surface area contributed by atoms with E-state index < -0.39 is 17.8 Å². The van der Waals surface area contributed by atoms with Gasteiger partial charge in [-0.2, -0.15) is 13.5 Å². The molecule has 0 aromatic heterocycles. The van der Waals surface area contributed by atoms with Crippen molar-refractivity contribution in [1.29, 1.82) is 0 Å². The number of carbonyl (C=O) groups excluding carboxylic acids is 2. The fourth-order valence-corrected chi connectivity index (χ4v) is 3.35. The lowest BCUT2D eigenvalue weighted by Crippen LogP contribution is -2.43. The van der Waals surface area contributed by atoms with Crippen LogP contribution in [0, 0.1) is 6.92 Å². The lowest BCUT2D eigenvalue weighted by Gasteiger charge is -2.30. The predicted octanol–water partition coefficient (Wildman–Crippen LogP) is 2.67. The van der Waals surface area contributed by atoms with Crippen molar-refractivity contribution < 1.29 is 24.2 Å². The predicted molar refractivity (Wildman–Crippen MR) is 112 cm³/mol. The first-order valence-corrected chi connectivity index (χ1v) is 9.22. The van der Waals surface area contributed by atoms with Gasteiger partial charge in [-0.15, -0.1) is 0 Å². The number of benzene rings is 1. The largest absolute Gasteiger partial charge is 0.496 e. The molecule has 0 aliphatic carbocycles. The van der Waals surface area contributed by atoms with Gasteiger partial charge in [-0.05, 0) is 51.3 Å². The third kappa shape index (κ3) is 6.04. The summed E-state index contributed by atoms with van der Waals surface area (Å²) >= 11 is 0. The second-order valence-electron chi connectivity index (χ2n) is 7.74. The Bertz CT molecular complexity index is 690.